The number of carbonyl (C=O) groups excluding carboxylic acids is 3. The third-order valence-electron chi connectivity index (χ3n) is 8.51. The van der Waals surface area contributed by atoms with E-state index in [0.29, 0.717) is 42.4 Å². The molecule has 0 aliphatic carbocycles. The fraction of sp³-hybridized carbons (Fsp3) is 0.500. The van der Waals surface area contributed by atoms with Gasteiger partial charge >= 0.3 is 0 Å². The van der Waals surface area contributed by atoms with Gasteiger partial charge in [0.2, 0.25) is 17.7 Å². The Morgan fingerprint density at radius 2 is 1.90 bits per heavy atom. The fourth-order valence-electron chi connectivity index (χ4n) is 6.76. The molecule has 3 fully saturated rings. The number of thioether (sulfide) groups is 1. The fourth-order valence-corrected chi connectivity index (χ4v) is 9.45. The number of ether oxygens (including phenoxy) is 1. The second-order valence-corrected chi connectivity index (χ2v) is 12.8. The molecule has 3 N–H and O–H groups in total. The van der Waals surface area contributed by atoms with Gasteiger partial charge in [-0.15, -0.1) is 11.8 Å². The molecule has 8 nitrogen and oxygen atoms in total. The molecule has 3 unspecified atom stereocenters. The van der Waals surface area contributed by atoms with E-state index in [1.54, 1.807) is 47.0 Å². The van der Waals surface area contributed by atoms with Gasteiger partial charge in [-0.2, -0.15) is 0 Å². The Morgan fingerprint density at radius 1 is 1.15 bits per heavy atom. The number of likely N-dealkylation sites (tertiary alicyclic amines) is 1. The standard InChI is InChI=1S/C30H36ClN3O5S/c1-4-39-20-12-10-19(11-13-20)32-27(36)23-22-16-18(3)30(40-22)24(23)29(38)34(14-5-6-15-35)26(30)28(37)33-25-17(2)8-7-9-21(25)31/h7-13,18,22-24,26,35H,4-6,14-16H2,1-3H3,(H,32,36)(H,33,37)/t18?,22-,23+,24+,26?,30?/m1/s1. The summed E-state index contributed by atoms with van der Waals surface area (Å²) in [5.41, 5.74) is 2.00. The Hall–Kier alpha value is -2.75. The number of benzene rings is 2. The number of amides is 3. The highest BCUT2D eigenvalue weighted by Gasteiger charge is 2.75. The lowest BCUT2D eigenvalue weighted by atomic mass is 9.66. The van der Waals surface area contributed by atoms with Crippen molar-refractivity contribution in [3.63, 3.8) is 0 Å². The lowest BCUT2D eigenvalue weighted by molar-refractivity contribution is -0.138. The molecule has 0 aromatic heterocycles. The van der Waals surface area contributed by atoms with E-state index in [1.807, 2.05) is 26.0 Å². The minimum atomic E-state index is -0.757. The van der Waals surface area contributed by atoms with Crippen molar-refractivity contribution in [3.05, 3.63) is 53.1 Å². The Labute approximate surface area is 244 Å². The first-order valence-corrected chi connectivity index (χ1v) is 15.2. The van der Waals surface area contributed by atoms with Crippen LogP contribution in [0.3, 0.4) is 0 Å². The molecule has 1 spiro atoms. The summed E-state index contributed by atoms with van der Waals surface area (Å²) < 4.78 is 4.77. The summed E-state index contributed by atoms with van der Waals surface area (Å²) in [5, 5.41) is 15.8. The van der Waals surface area contributed by atoms with Crippen LogP contribution >= 0.6 is 23.4 Å². The summed E-state index contributed by atoms with van der Waals surface area (Å²) in [5.74, 6) is -1.06. The van der Waals surface area contributed by atoms with Gasteiger partial charge in [0, 0.05) is 24.1 Å². The van der Waals surface area contributed by atoms with E-state index < -0.39 is 22.6 Å². The first kappa shape index (κ1) is 28.8. The summed E-state index contributed by atoms with van der Waals surface area (Å²) in [7, 11) is 0. The van der Waals surface area contributed by atoms with Gasteiger partial charge in [-0.25, -0.2) is 0 Å². The van der Waals surface area contributed by atoms with Crippen molar-refractivity contribution >= 4 is 52.5 Å². The van der Waals surface area contributed by atoms with Gasteiger partial charge in [0.25, 0.3) is 0 Å². The predicted molar refractivity (Wildman–Crippen MR) is 158 cm³/mol. The number of aryl methyl sites for hydroxylation is 1. The Balaban J connectivity index is 1.46. The molecule has 5 rings (SSSR count). The molecule has 3 aliphatic rings. The largest absolute Gasteiger partial charge is 0.494 e. The zero-order valence-corrected chi connectivity index (χ0v) is 24.6. The van der Waals surface area contributed by atoms with Gasteiger partial charge in [0.1, 0.15) is 11.8 Å². The number of unbranched alkanes of at least 4 members (excludes halogenated alkanes) is 1. The van der Waals surface area contributed by atoms with E-state index in [9.17, 15) is 19.5 Å². The SMILES string of the molecule is CCOc1ccc(NC(=O)[C@@H]2[C@H]3C(=O)N(CCCCO)C(C(=O)Nc4c(C)cccc4Cl)C34S[C@@H]2CC4C)cc1. The molecule has 0 radical (unpaired) electrons. The van der Waals surface area contributed by atoms with E-state index >= 15 is 0 Å². The number of fused-ring (bicyclic) bond motifs is 1. The molecule has 2 bridgehead atoms. The van der Waals surface area contributed by atoms with Crippen molar-refractivity contribution in [3.8, 4) is 5.75 Å². The Morgan fingerprint density at radius 3 is 2.58 bits per heavy atom. The van der Waals surface area contributed by atoms with Crippen LogP contribution in [0.2, 0.25) is 5.02 Å². The van der Waals surface area contributed by atoms with Crippen LogP contribution in [0.25, 0.3) is 0 Å². The molecule has 3 saturated heterocycles. The number of anilines is 2. The monoisotopic (exact) mass is 585 g/mol. The predicted octanol–water partition coefficient (Wildman–Crippen LogP) is 4.73. The van der Waals surface area contributed by atoms with Crippen molar-refractivity contribution in [2.24, 2.45) is 17.8 Å². The molecule has 40 heavy (non-hydrogen) atoms. The number of nitrogens with one attached hydrogen (secondary N) is 2. The number of nitrogens with zero attached hydrogens (tertiary/aromatic N) is 1. The lowest BCUT2D eigenvalue weighted by Crippen LogP contribution is -2.55. The highest BCUT2D eigenvalue weighted by molar-refractivity contribution is 8.02. The maximum atomic E-state index is 14.1. The van der Waals surface area contributed by atoms with Crippen LogP contribution in [0.15, 0.2) is 42.5 Å². The van der Waals surface area contributed by atoms with Crippen molar-refractivity contribution in [1.29, 1.82) is 0 Å². The van der Waals surface area contributed by atoms with Gasteiger partial charge in [-0.3, -0.25) is 14.4 Å². The average Bonchev–Trinajstić information content (AvgIpc) is 3.51. The number of halogens is 1. The Bertz CT molecular complexity index is 1270. The first-order valence-electron chi connectivity index (χ1n) is 13.9. The quantitative estimate of drug-likeness (QED) is 0.348. The molecular weight excluding hydrogens is 550 g/mol. The number of hydrogen-bond acceptors (Lipinski definition) is 6. The molecule has 6 atom stereocenters. The highest BCUT2D eigenvalue weighted by atomic mass is 35.5. The van der Waals surface area contributed by atoms with E-state index in [2.05, 4.69) is 17.6 Å². The van der Waals surface area contributed by atoms with Crippen LogP contribution in [0.1, 0.15) is 38.7 Å². The van der Waals surface area contributed by atoms with Crippen LogP contribution in [0.4, 0.5) is 11.4 Å². The summed E-state index contributed by atoms with van der Waals surface area (Å²) in [6.07, 6.45) is 1.83. The number of hydrogen-bond donors (Lipinski definition) is 3. The topological polar surface area (TPSA) is 108 Å². The number of para-hydroxylation sites is 1. The van der Waals surface area contributed by atoms with Gasteiger partial charge in [0.15, 0.2) is 0 Å². The zero-order chi connectivity index (χ0) is 28.6. The van der Waals surface area contributed by atoms with Crippen LogP contribution in [-0.4, -0.2) is 63.5 Å². The number of aliphatic hydroxyl groups excluding tert-OH is 1. The molecule has 2 aromatic rings. The van der Waals surface area contributed by atoms with Crippen LogP contribution in [-0.2, 0) is 14.4 Å². The maximum absolute atomic E-state index is 14.1. The third kappa shape index (κ3) is 4.86. The van der Waals surface area contributed by atoms with Gasteiger partial charge in [-0.1, -0.05) is 30.7 Å². The lowest BCUT2D eigenvalue weighted by Gasteiger charge is -2.38. The zero-order valence-electron chi connectivity index (χ0n) is 23.0. The molecule has 3 heterocycles. The summed E-state index contributed by atoms with van der Waals surface area (Å²) >= 11 is 8.07. The van der Waals surface area contributed by atoms with Crippen molar-refractivity contribution in [2.75, 3.05) is 30.4 Å². The average molecular weight is 586 g/mol. The second-order valence-electron chi connectivity index (χ2n) is 10.9. The van der Waals surface area contributed by atoms with Crippen LogP contribution in [0.5, 0.6) is 5.75 Å². The van der Waals surface area contributed by atoms with Gasteiger partial charge in [0.05, 0.1) is 33.9 Å². The molecule has 3 aliphatic heterocycles. The van der Waals surface area contributed by atoms with Gasteiger partial charge < -0.3 is 25.4 Å². The Kier molecular flexibility index (Phi) is 8.36. The summed E-state index contributed by atoms with van der Waals surface area (Å²) in [6, 6.07) is 11.9. The summed E-state index contributed by atoms with van der Waals surface area (Å²) in [6.45, 7) is 6.77. The molecule has 10 heteroatoms. The van der Waals surface area contributed by atoms with Crippen molar-refractivity contribution in [1.82, 2.24) is 4.90 Å². The number of carbonyl (C=O) groups is 3. The normalized spacial score (nSPS) is 28.5. The van der Waals surface area contributed by atoms with E-state index in [1.165, 1.54) is 0 Å². The van der Waals surface area contributed by atoms with E-state index in [4.69, 9.17) is 16.3 Å². The molecular formula is C30H36ClN3O5S. The second kappa shape index (κ2) is 11.6. The minimum absolute atomic E-state index is 0.00657. The van der Waals surface area contributed by atoms with Crippen molar-refractivity contribution in [2.45, 2.75) is 56.1 Å². The maximum Gasteiger partial charge on any atom is 0.248 e. The van der Waals surface area contributed by atoms with Crippen LogP contribution < -0.4 is 15.4 Å². The first-order chi connectivity index (χ1) is 19.2. The van der Waals surface area contributed by atoms with Crippen molar-refractivity contribution < 1.29 is 24.2 Å². The minimum Gasteiger partial charge on any atom is -0.494 e. The third-order valence-corrected chi connectivity index (χ3v) is 10.9. The van der Waals surface area contributed by atoms with E-state index in [-0.39, 0.29) is 35.5 Å². The smallest absolute Gasteiger partial charge is 0.248 e. The summed E-state index contributed by atoms with van der Waals surface area (Å²) in [4.78, 5) is 43.6. The van der Waals surface area contributed by atoms with E-state index in [0.717, 1.165) is 17.7 Å². The number of rotatable bonds is 10. The number of aliphatic hydroxyl groups is 1. The highest BCUT2D eigenvalue weighted by Crippen LogP contribution is 2.68. The molecule has 214 valence electrons. The van der Waals surface area contributed by atoms with Crippen LogP contribution in [0, 0.1) is 24.7 Å². The molecule has 3 amide bonds. The van der Waals surface area contributed by atoms with Gasteiger partial charge in [-0.05, 0) is 74.9 Å². The molecule has 2 aromatic carbocycles. The molecule has 0 saturated carbocycles.